The molecule has 2 N–H and O–H groups in total. The lowest BCUT2D eigenvalue weighted by molar-refractivity contribution is -0.159. The highest BCUT2D eigenvalue weighted by molar-refractivity contribution is 6.27. The first kappa shape index (κ1) is 31.6. The average Bonchev–Trinajstić information content (AvgIpc) is 3.01. The minimum absolute atomic E-state index is 0.0745. The van der Waals surface area contributed by atoms with Crippen LogP contribution in [0.15, 0.2) is 54.7 Å². The van der Waals surface area contributed by atoms with Gasteiger partial charge in [0.05, 0.1) is 26.1 Å². The molecule has 224 valence electrons. The molecule has 0 saturated carbocycles. The van der Waals surface area contributed by atoms with E-state index in [2.05, 4.69) is 19.8 Å². The van der Waals surface area contributed by atoms with Crippen LogP contribution in [0.2, 0.25) is 0 Å². The Morgan fingerprint density at radius 2 is 1.60 bits per heavy atom. The SMILES string of the molecule is COc1ccc(-c2cccc(C(=O)N3CCN(c4ccc(OCCN(C)C)cn4)CC3)n2)cc1OC.O=C(O)C(=O)O. The molecule has 1 aromatic carbocycles. The standard InChI is InChI=1S/C27H33N5O4.C2H2O4/c1-30(2)16-17-36-21-9-11-26(28-19-21)31-12-14-32(15-13-31)27(33)23-7-5-6-22(29-23)20-8-10-24(34-3)25(18-20)35-4;3-1(4)2(5)6/h5-11,18-19H,12-17H2,1-4H3;(H,3,4)(H,5,6). The first-order valence-corrected chi connectivity index (χ1v) is 13.1. The number of hydrogen-bond donors (Lipinski definition) is 2. The molecular formula is C29H35N5O8. The van der Waals surface area contributed by atoms with Crippen LogP contribution < -0.4 is 19.1 Å². The van der Waals surface area contributed by atoms with Crippen molar-refractivity contribution in [2.24, 2.45) is 0 Å². The molecule has 1 amide bonds. The molecule has 0 atom stereocenters. The number of nitrogens with zero attached hydrogens (tertiary/aromatic N) is 5. The van der Waals surface area contributed by atoms with Gasteiger partial charge in [0.2, 0.25) is 0 Å². The zero-order valence-corrected chi connectivity index (χ0v) is 24.0. The van der Waals surface area contributed by atoms with Crippen molar-refractivity contribution in [3.8, 4) is 28.5 Å². The van der Waals surface area contributed by atoms with E-state index in [1.165, 1.54) is 0 Å². The number of aliphatic carboxylic acids is 2. The van der Waals surface area contributed by atoms with Gasteiger partial charge in [0.25, 0.3) is 5.91 Å². The van der Waals surface area contributed by atoms with Gasteiger partial charge in [-0.1, -0.05) is 6.07 Å². The van der Waals surface area contributed by atoms with Gasteiger partial charge >= 0.3 is 11.9 Å². The van der Waals surface area contributed by atoms with Crippen LogP contribution in [-0.4, -0.2) is 115 Å². The van der Waals surface area contributed by atoms with Crippen LogP contribution in [0, 0.1) is 0 Å². The lowest BCUT2D eigenvalue weighted by Crippen LogP contribution is -2.49. The van der Waals surface area contributed by atoms with Gasteiger partial charge in [0.1, 0.15) is 23.9 Å². The second-order valence-electron chi connectivity index (χ2n) is 9.37. The zero-order chi connectivity index (χ0) is 30.6. The lowest BCUT2D eigenvalue weighted by Gasteiger charge is -2.35. The summed E-state index contributed by atoms with van der Waals surface area (Å²) in [5, 5.41) is 14.8. The van der Waals surface area contributed by atoms with E-state index in [0.717, 1.165) is 23.7 Å². The predicted octanol–water partition coefficient (Wildman–Crippen LogP) is 2.22. The summed E-state index contributed by atoms with van der Waals surface area (Å²) >= 11 is 0. The number of ether oxygens (including phenoxy) is 3. The normalized spacial score (nSPS) is 12.7. The molecular weight excluding hydrogens is 546 g/mol. The Kier molecular flexibility index (Phi) is 11.4. The molecule has 13 nitrogen and oxygen atoms in total. The van der Waals surface area contributed by atoms with Crippen molar-refractivity contribution >= 4 is 23.7 Å². The summed E-state index contributed by atoms with van der Waals surface area (Å²) in [7, 11) is 7.22. The monoisotopic (exact) mass is 581 g/mol. The van der Waals surface area contributed by atoms with E-state index in [9.17, 15) is 4.79 Å². The first-order valence-electron chi connectivity index (χ1n) is 13.1. The van der Waals surface area contributed by atoms with Crippen LogP contribution >= 0.6 is 0 Å². The quantitative estimate of drug-likeness (QED) is 0.356. The van der Waals surface area contributed by atoms with E-state index in [1.54, 1.807) is 26.5 Å². The fourth-order valence-electron chi connectivity index (χ4n) is 4.00. The van der Waals surface area contributed by atoms with Crippen LogP contribution in [0.5, 0.6) is 17.2 Å². The van der Waals surface area contributed by atoms with Gasteiger partial charge in [-0.15, -0.1) is 0 Å². The van der Waals surface area contributed by atoms with Gasteiger partial charge < -0.3 is 39.1 Å². The number of carbonyl (C=O) groups excluding carboxylic acids is 1. The van der Waals surface area contributed by atoms with E-state index in [-0.39, 0.29) is 5.91 Å². The minimum Gasteiger partial charge on any atom is -0.493 e. The van der Waals surface area contributed by atoms with Crippen molar-refractivity contribution in [2.45, 2.75) is 0 Å². The second-order valence-corrected chi connectivity index (χ2v) is 9.37. The largest absolute Gasteiger partial charge is 0.493 e. The van der Waals surface area contributed by atoms with Crippen LogP contribution in [0.1, 0.15) is 10.5 Å². The van der Waals surface area contributed by atoms with E-state index < -0.39 is 11.9 Å². The van der Waals surface area contributed by atoms with E-state index in [4.69, 9.17) is 34.0 Å². The Labute approximate surface area is 243 Å². The van der Waals surface area contributed by atoms with Crippen molar-refractivity contribution in [2.75, 3.05) is 72.5 Å². The Balaban J connectivity index is 0.000000730. The third-order valence-corrected chi connectivity index (χ3v) is 6.25. The fourth-order valence-corrected chi connectivity index (χ4v) is 4.00. The number of carboxylic acid groups (broad SMARTS) is 2. The summed E-state index contributed by atoms with van der Waals surface area (Å²) < 4.78 is 16.4. The molecule has 3 heterocycles. The number of amides is 1. The van der Waals surface area contributed by atoms with Crippen molar-refractivity contribution in [1.82, 2.24) is 19.8 Å². The fraction of sp³-hybridized carbons (Fsp3) is 0.345. The van der Waals surface area contributed by atoms with Gasteiger partial charge in [0, 0.05) is 38.3 Å². The van der Waals surface area contributed by atoms with E-state index in [1.807, 2.05) is 61.5 Å². The summed E-state index contributed by atoms with van der Waals surface area (Å²) in [6.07, 6.45) is 1.76. The molecule has 0 bridgehead atoms. The summed E-state index contributed by atoms with van der Waals surface area (Å²) in [6.45, 7) is 4.08. The van der Waals surface area contributed by atoms with Crippen molar-refractivity contribution < 1.29 is 38.8 Å². The molecule has 1 aliphatic rings. The van der Waals surface area contributed by atoms with Gasteiger partial charge in [0.15, 0.2) is 11.5 Å². The molecule has 4 rings (SSSR count). The molecule has 3 aromatic rings. The number of aromatic nitrogens is 2. The van der Waals surface area contributed by atoms with Gasteiger partial charge in [-0.05, 0) is 56.6 Å². The van der Waals surface area contributed by atoms with Crippen LogP contribution in [0.25, 0.3) is 11.3 Å². The molecule has 1 aliphatic heterocycles. The number of anilines is 1. The Morgan fingerprint density at radius 3 is 2.17 bits per heavy atom. The molecule has 1 fully saturated rings. The summed E-state index contributed by atoms with van der Waals surface area (Å²) in [5.74, 6) is -0.816. The number of rotatable bonds is 9. The highest BCUT2D eigenvalue weighted by Crippen LogP contribution is 2.31. The van der Waals surface area contributed by atoms with Gasteiger partial charge in [-0.3, -0.25) is 4.79 Å². The Bertz CT molecular complexity index is 1350. The molecule has 2 aromatic heterocycles. The maximum atomic E-state index is 13.2. The number of piperazine rings is 1. The molecule has 1 saturated heterocycles. The summed E-state index contributed by atoms with van der Waals surface area (Å²) in [4.78, 5) is 46.7. The first-order chi connectivity index (χ1) is 20.1. The number of carboxylic acids is 2. The van der Waals surface area contributed by atoms with Gasteiger partial charge in [-0.25, -0.2) is 19.6 Å². The number of likely N-dealkylation sites (N-methyl/N-ethyl adjacent to an activating group) is 1. The third kappa shape index (κ3) is 8.80. The van der Waals surface area contributed by atoms with Crippen molar-refractivity contribution in [3.05, 3.63) is 60.4 Å². The predicted molar refractivity (Wildman–Crippen MR) is 154 cm³/mol. The average molecular weight is 582 g/mol. The molecule has 0 aliphatic carbocycles. The summed E-state index contributed by atoms with van der Waals surface area (Å²) in [6, 6.07) is 15.0. The summed E-state index contributed by atoms with van der Waals surface area (Å²) in [5.41, 5.74) is 1.98. The highest BCUT2D eigenvalue weighted by atomic mass is 16.5. The number of hydrogen-bond acceptors (Lipinski definition) is 10. The highest BCUT2D eigenvalue weighted by Gasteiger charge is 2.24. The van der Waals surface area contributed by atoms with Crippen molar-refractivity contribution in [3.63, 3.8) is 0 Å². The number of carbonyl (C=O) groups is 3. The molecule has 13 heteroatoms. The topological polar surface area (TPSA) is 155 Å². The molecule has 0 spiro atoms. The number of pyridine rings is 2. The number of benzene rings is 1. The van der Waals surface area contributed by atoms with E-state index >= 15 is 0 Å². The molecule has 0 unspecified atom stereocenters. The maximum absolute atomic E-state index is 13.2. The zero-order valence-electron chi connectivity index (χ0n) is 24.0. The second kappa shape index (κ2) is 15.2. The van der Waals surface area contributed by atoms with Crippen LogP contribution in [0.4, 0.5) is 5.82 Å². The minimum atomic E-state index is -1.82. The molecule has 42 heavy (non-hydrogen) atoms. The van der Waals surface area contributed by atoms with Crippen LogP contribution in [0.3, 0.4) is 0 Å². The Hall–Kier alpha value is -4.91. The van der Waals surface area contributed by atoms with Crippen molar-refractivity contribution in [1.29, 1.82) is 0 Å². The Morgan fingerprint density at radius 1 is 0.905 bits per heavy atom. The maximum Gasteiger partial charge on any atom is 0.414 e. The lowest BCUT2D eigenvalue weighted by atomic mass is 10.1. The van der Waals surface area contributed by atoms with Crippen LogP contribution in [-0.2, 0) is 9.59 Å². The number of methoxy groups -OCH3 is 2. The smallest absolute Gasteiger partial charge is 0.414 e. The molecule has 0 radical (unpaired) electrons. The van der Waals surface area contributed by atoms with E-state index in [0.29, 0.717) is 55.7 Å². The van der Waals surface area contributed by atoms with Gasteiger partial charge in [-0.2, -0.15) is 0 Å². The third-order valence-electron chi connectivity index (χ3n) is 6.25.